The summed E-state index contributed by atoms with van der Waals surface area (Å²) in [5, 5.41) is 9.66. The van der Waals surface area contributed by atoms with Crippen LogP contribution in [0.3, 0.4) is 0 Å². The number of nitrogens with zero attached hydrogens (tertiary/aromatic N) is 3. The Morgan fingerprint density at radius 3 is 2.21 bits per heavy atom. The zero-order valence-electron chi connectivity index (χ0n) is 16.2. The molecule has 0 unspecified atom stereocenters. The van der Waals surface area contributed by atoms with Crippen LogP contribution in [0.25, 0.3) is 11.0 Å². The van der Waals surface area contributed by atoms with E-state index in [2.05, 4.69) is 0 Å². The van der Waals surface area contributed by atoms with Crippen LogP contribution in [0.2, 0.25) is 0 Å². The highest BCUT2D eigenvalue weighted by Crippen LogP contribution is 2.33. The molecule has 1 aromatic heterocycles. The first kappa shape index (κ1) is 19.0. The first-order chi connectivity index (χ1) is 14.0. The summed E-state index contributed by atoms with van der Waals surface area (Å²) in [6, 6.07) is 16.8. The number of fused-ring (bicyclic) bond motifs is 1. The van der Waals surface area contributed by atoms with Crippen LogP contribution in [-0.4, -0.2) is 44.1 Å². The van der Waals surface area contributed by atoms with E-state index in [1.807, 2.05) is 61.5 Å². The molecule has 1 N–H and O–H groups in total. The van der Waals surface area contributed by atoms with E-state index in [9.17, 15) is 19.5 Å². The summed E-state index contributed by atoms with van der Waals surface area (Å²) >= 11 is 0. The van der Waals surface area contributed by atoms with Gasteiger partial charge in [0, 0.05) is 25.6 Å². The summed E-state index contributed by atoms with van der Waals surface area (Å²) in [4.78, 5) is 39.2. The third-order valence-corrected chi connectivity index (χ3v) is 5.75. The van der Waals surface area contributed by atoms with Gasteiger partial charge in [-0.1, -0.05) is 42.5 Å². The van der Waals surface area contributed by atoms with Crippen molar-refractivity contribution in [2.24, 2.45) is 5.92 Å². The highest BCUT2D eigenvalue weighted by atomic mass is 16.4. The Balaban J connectivity index is 1.61. The molecule has 0 bridgehead atoms. The molecule has 1 aliphatic rings. The lowest BCUT2D eigenvalue weighted by Gasteiger charge is -2.17. The third kappa shape index (κ3) is 3.33. The molecule has 3 aromatic rings. The average molecular weight is 393 g/mol. The normalized spacial score (nSPS) is 19.0. The number of carboxylic acid groups (broad SMARTS) is 1. The second-order valence-corrected chi connectivity index (χ2v) is 7.36. The molecular formula is C22H23N3O4. The molecule has 2 aromatic carbocycles. The number of carbonyl (C=O) groups is 2. The molecule has 150 valence electrons. The van der Waals surface area contributed by atoms with Gasteiger partial charge >= 0.3 is 11.7 Å². The molecule has 1 amide bonds. The third-order valence-electron chi connectivity index (χ3n) is 5.75. The van der Waals surface area contributed by atoms with Crippen molar-refractivity contribution in [2.75, 3.05) is 13.1 Å². The molecule has 0 radical (unpaired) electrons. The fraction of sp³-hybridized carbons (Fsp3) is 0.318. The van der Waals surface area contributed by atoms with Gasteiger partial charge in [0.1, 0.15) is 6.54 Å². The number of aromatic nitrogens is 2. The van der Waals surface area contributed by atoms with E-state index in [1.165, 1.54) is 4.57 Å². The van der Waals surface area contributed by atoms with Crippen LogP contribution in [0.5, 0.6) is 0 Å². The quantitative estimate of drug-likeness (QED) is 0.720. The lowest BCUT2D eigenvalue weighted by atomic mass is 9.89. The molecule has 7 nitrogen and oxygen atoms in total. The SMILES string of the molecule is CCn1c(=O)n(CC(=O)N2C[C@H](C(=O)O)[C@H](c3ccccc3)C2)c2ccccc21. The fourth-order valence-electron chi connectivity index (χ4n) is 4.26. The first-order valence-corrected chi connectivity index (χ1v) is 9.74. The predicted molar refractivity (Wildman–Crippen MR) is 109 cm³/mol. The topological polar surface area (TPSA) is 84.5 Å². The number of carboxylic acids is 1. The molecule has 0 spiro atoms. The van der Waals surface area contributed by atoms with Crippen LogP contribution in [0.1, 0.15) is 18.4 Å². The van der Waals surface area contributed by atoms with Gasteiger partial charge in [0.25, 0.3) is 0 Å². The molecule has 1 aliphatic heterocycles. The standard InChI is InChI=1S/C22H23N3O4/c1-2-24-18-10-6-7-11-19(18)25(22(24)29)14-20(26)23-12-16(17(13-23)21(27)28)15-8-4-3-5-9-15/h3-11,16-17H,2,12-14H2,1H3,(H,27,28)/t16-,17-/m0/s1. The van der Waals surface area contributed by atoms with Gasteiger partial charge in [-0.15, -0.1) is 0 Å². The van der Waals surface area contributed by atoms with Crippen molar-refractivity contribution in [1.82, 2.24) is 14.0 Å². The molecule has 4 rings (SSSR count). The number of imidazole rings is 1. The van der Waals surface area contributed by atoms with Crippen LogP contribution >= 0.6 is 0 Å². The van der Waals surface area contributed by atoms with Gasteiger partial charge in [0.15, 0.2) is 0 Å². The van der Waals surface area contributed by atoms with Crippen molar-refractivity contribution >= 4 is 22.9 Å². The van der Waals surface area contributed by atoms with Gasteiger partial charge in [0.05, 0.1) is 17.0 Å². The maximum Gasteiger partial charge on any atom is 0.329 e. The summed E-state index contributed by atoms with van der Waals surface area (Å²) in [6.07, 6.45) is 0. The Morgan fingerprint density at radius 1 is 0.966 bits per heavy atom. The number of likely N-dealkylation sites (tertiary alicyclic amines) is 1. The number of carbonyl (C=O) groups excluding carboxylic acids is 1. The van der Waals surface area contributed by atoms with Crippen LogP contribution < -0.4 is 5.69 Å². The molecule has 1 saturated heterocycles. The predicted octanol–water partition coefficient (Wildman–Crippen LogP) is 2.15. The summed E-state index contributed by atoms with van der Waals surface area (Å²) in [5.41, 5.74) is 2.19. The van der Waals surface area contributed by atoms with Gasteiger partial charge in [-0.2, -0.15) is 0 Å². The van der Waals surface area contributed by atoms with E-state index in [0.717, 1.165) is 11.1 Å². The van der Waals surface area contributed by atoms with E-state index in [0.29, 0.717) is 18.6 Å². The Kier molecular flexibility index (Phi) is 4.96. The summed E-state index contributed by atoms with van der Waals surface area (Å²) in [7, 11) is 0. The van der Waals surface area contributed by atoms with E-state index in [-0.39, 0.29) is 30.6 Å². The van der Waals surface area contributed by atoms with Gasteiger partial charge in [0.2, 0.25) is 5.91 Å². The molecule has 1 fully saturated rings. The number of benzene rings is 2. The smallest absolute Gasteiger partial charge is 0.329 e. The minimum absolute atomic E-state index is 0.0970. The van der Waals surface area contributed by atoms with Crippen molar-refractivity contribution in [3.05, 3.63) is 70.6 Å². The van der Waals surface area contributed by atoms with Crippen molar-refractivity contribution in [1.29, 1.82) is 0 Å². The molecule has 2 atom stereocenters. The monoisotopic (exact) mass is 393 g/mol. The van der Waals surface area contributed by atoms with Crippen LogP contribution in [0.4, 0.5) is 0 Å². The minimum atomic E-state index is -0.908. The Labute approximate surface area is 167 Å². The number of rotatable bonds is 5. The molecular weight excluding hydrogens is 370 g/mol. The van der Waals surface area contributed by atoms with Crippen molar-refractivity contribution in [2.45, 2.75) is 25.9 Å². The summed E-state index contributed by atoms with van der Waals surface area (Å²) < 4.78 is 3.12. The Hall–Kier alpha value is -3.35. The van der Waals surface area contributed by atoms with Crippen LogP contribution in [0, 0.1) is 5.92 Å². The molecule has 7 heteroatoms. The summed E-state index contributed by atoms with van der Waals surface area (Å²) in [6.45, 7) is 2.79. The lowest BCUT2D eigenvalue weighted by Crippen LogP contribution is -2.36. The maximum absolute atomic E-state index is 13.0. The van der Waals surface area contributed by atoms with Crippen molar-refractivity contribution < 1.29 is 14.7 Å². The number of aliphatic carboxylic acids is 1. The van der Waals surface area contributed by atoms with Gasteiger partial charge < -0.3 is 10.0 Å². The van der Waals surface area contributed by atoms with E-state index in [1.54, 1.807) is 9.47 Å². The fourth-order valence-corrected chi connectivity index (χ4v) is 4.26. The second kappa shape index (κ2) is 7.58. The van der Waals surface area contributed by atoms with Crippen LogP contribution in [0.15, 0.2) is 59.4 Å². The molecule has 2 heterocycles. The average Bonchev–Trinajstić information content (AvgIpc) is 3.29. The number of hydrogen-bond donors (Lipinski definition) is 1. The maximum atomic E-state index is 13.0. The molecule has 0 saturated carbocycles. The van der Waals surface area contributed by atoms with E-state index < -0.39 is 11.9 Å². The van der Waals surface area contributed by atoms with Crippen molar-refractivity contribution in [3.63, 3.8) is 0 Å². The molecule has 0 aliphatic carbocycles. The molecule has 29 heavy (non-hydrogen) atoms. The van der Waals surface area contributed by atoms with E-state index in [4.69, 9.17) is 0 Å². The second-order valence-electron chi connectivity index (χ2n) is 7.36. The summed E-state index contributed by atoms with van der Waals surface area (Å²) in [5.74, 6) is -2.06. The number of para-hydroxylation sites is 2. The number of hydrogen-bond acceptors (Lipinski definition) is 3. The number of amides is 1. The zero-order chi connectivity index (χ0) is 20.5. The van der Waals surface area contributed by atoms with Gasteiger partial charge in [-0.3, -0.25) is 18.7 Å². The van der Waals surface area contributed by atoms with Gasteiger partial charge in [-0.25, -0.2) is 4.79 Å². The van der Waals surface area contributed by atoms with Crippen molar-refractivity contribution in [3.8, 4) is 0 Å². The van der Waals surface area contributed by atoms with Crippen LogP contribution in [-0.2, 0) is 22.7 Å². The highest BCUT2D eigenvalue weighted by Gasteiger charge is 2.40. The largest absolute Gasteiger partial charge is 0.481 e. The Morgan fingerprint density at radius 2 is 1.59 bits per heavy atom. The highest BCUT2D eigenvalue weighted by molar-refractivity contribution is 5.82. The van der Waals surface area contributed by atoms with Gasteiger partial charge in [-0.05, 0) is 24.6 Å². The lowest BCUT2D eigenvalue weighted by molar-refractivity contribution is -0.141. The first-order valence-electron chi connectivity index (χ1n) is 9.74. The number of aryl methyl sites for hydroxylation is 1. The van der Waals surface area contributed by atoms with E-state index >= 15 is 0 Å². The Bertz CT molecular complexity index is 1120. The zero-order valence-corrected chi connectivity index (χ0v) is 16.2. The minimum Gasteiger partial charge on any atom is -0.481 e.